The van der Waals surface area contributed by atoms with Gasteiger partial charge in [0.15, 0.2) is 6.23 Å². The molecule has 0 aliphatic carbocycles. The van der Waals surface area contributed by atoms with Crippen molar-refractivity contribution in [1.29, 1.82) is 0 Å². The number of azide groups is 1. The number of ether oxygens (including phenoxy) is 2. The molecular formula is C24H26N7O9P. The first-order chi connectivity index (χ1) is 19.6. The summed E-state index contributed by atoms with van der Waals surface area (Å²) in [4.78, 5) is 30.9. The zero-order valence-electron chi connectivity index (χ0n) is 21.3. The van der Waals surface area contributed by atoms with Crippen LogP contribution in [-0.2, 0) is 30.0 Å². The van der Waals surface area contributed by atoms with Crippen LogP contribution in [0.5, 0.6) is 5.75 Å². The smallest absolute Gasteiger partial charge is 0.459 e. The lowest BCUT2D eigenvalue weighted by Crippen LogP contribution is -2.45. The molecule has 5 N–H and O–H groups in total. The van der Waals surface area contributed by atoms with Crippen molar-refractivity contribution in [1.82, 2.24) is 14.6 Å². The van der Waals surface area contributed by atoms with Crippen LogP contribution in [0.15, 0.2) is 82.8 Å². The topological polar surface area (TPSA) is 233 Å². The Morgan fingerprint density at radius 2 is 1.88 bits per heavy atom. The second-order valence-corrected chi connectivity index (χ2v) is 10.4. The number of rotatable bonds is 12. The Morgan fingerprint density at radius 1 is 1.20 bits per heavy atom. The van der Waals surface area contributed by atoms with Crippen LogP contribution < -0.4 is 21.0 Å². The summed E-state index contributed by atoms with van der Waals surface area (Å²) in [6, 6.07) is 17.9. The van der Waals surface area contributed by atoms with Crippen LogP contribution in [-0.4, -0.2) is 56.8 Å². The van der Waals surface area contributed by atoms with Crippen LogP contribution in [0.4, 0.5) is 5.82 Å². The molecule has 17 heteroatoms. The molecule has 216 valence electrons. The van der Waals surface area contributed by atoms with Gasteiger partial charge in [0.05, 0.1) is 6.61 Å². The molecule has 3 aromatic rings. The summed E-state index contributed by atoms with van der Waals surface area (Å²) in [5, 5.41) is 27.3. The van der Waals surface area contributed by atoms with Gasteiger partial charge in [-0.2, -0.15) is 4.98 Å². The average Bonchev–Trinajstić information content (AvgIpc) is 3.21. The average molecular weight is 587 g/mol. The summed E-state index contributed by atoms with van der Waals surface area (Å²) in [6.07, 6.45) is -4.21. The van der Waals surface area contributed by atoms with E-state index in [-0.39, 0.29) is 18.2 Å². The quantitative estimate of drug-likeness (QED) is 0.0778. The molecule has 41 heavy (non-hydrogen) atoms. The first-order valence-electron chi connectivity index (χ1n) is 12.0. The lowest BCUT2D eigenvalue weighted by Gasteiger charge is -2.28. The Morgan fingerprint density at radius 3 is 2.54 bits per heavy atom. The number of aliphatic hydroxyl groups is 2. The largest absolute Gasteiger partial charge is 0.460 e. The number of anilines is 1. The normalized spacial score (nSPS) is 23.2. The van der Waals surface area contributed by atoms with E-state index in [9.17, 15) is 29.9 Å². The highest BCUT2D eigenvalue weighted by Gasteiger charge is 2.56. The highest BCUT2D eigenvalue weighted by Crippen LogP contribution is 2.47. The fourth-order valence-corrected chi connectivity index (χ4v) is 5.06. The molecule has 1 aliphatic heterocycles. The number of aliphatic hydroxyl groups excluding tert-OH is 2. The number of carbonyl (C=O) groups is 1. The van der Waals surface area contributed by atoms with Gasteiger partial charge in [-0.1, -0.05) is 53.6 Å². The van der Waals surface area contributed by atoms with Gasteiger partial charge >= 0.3 is 19.4 Å². The van der Waals surface area contributed by atoms with E-state index in [1.807, 2.05) is 6.07 Å². The number of aromatic nitrogens is 2. The van der Waals surface area contributed by atoms with Gasteiger partial charge in [0.1, 0.15) is 36.9 Å². The van der Waals surface area contributed by atoms with Crippen molar-refractivity contribution in [2.45, 2.75) is 30.8 Å². The van der Waals surface area contributed by atoms with Crippen LogP contribution in [0.3, 0.4) is 0 Å². The Hall–Kier alpha value is -4.27. The summed E-state index contributed by atoms with van der Waals surface area (Å²) in [6.45, 7) is -1.60. The molecule has 2 aromatic carbocycles. The third-order valence-corrected chi connectivity index (χ3v) is 7.28. The number of nitrogen functional groups attached to an aromatic ring is 1. The zero-order valence-corrected chi connectivity index (χ0v) is 22.2. The van der Waals surface area contributed by atoms with E-state index in [0.29, 0.717) is 0 Å². The number of nitrogens with zero attached hydrogens (tertiary/aromatic N) is 5. The van der Waals surface area contributed by atoms with Gasteiger partial charge in [0, 0.05) is 11.1 Å². The van der Waals surface area contributed by atoms with Crippen LogP contribution in [0, 0.1) is 0 Å². The molecule has 0 radical (unpaired) electrons. The number of esters is 1. The number of hydrogen-bond donors (Lipinski definition) is 4. The van der Waals surface area contributed by atoms with Crippen LogP contribution in [0.1, 0.15) is 11.8 Å². The Labute approximate surface area is 232 Å². The maximum atomic E-state index is 13.7. The van der Waals surface area contributed by atoms with Gasteiger partial charge in [0.2, 0.25) is 5.72 Å². The van der Waals surface area contributed by atoms with E-state index in [1.165, 1.54) is 18.2 Å². The lowest BCUT2D eigenvalue weighted by molar-refractivity contribution is -0.143. The van der Waals surface area contributed by atoms with E-state index in [0.717, 1.165) is 16.3 Å². The number of carbonyl (C=O) groups excluding carboxylic acids is 1. The van der Waals surface area contributed by atoms with E-state index in [2.05, 4.69) is 20.1 Å². The zero-order chi connectivity index (χ0) is 29.5. The highest BCUT2D eigenvalue weighted by molar-refractivity contribution is 7.52. The molecule has 1 unspecified atom stereocenters. The monoisotopic (exact) mass is 587 g/mol. The van der Waals surface area contributed by atoms with Gasteiger partial charge in [0.25, 0.3) is 0 Å². The molecule has 0 saturated carbocycles. The Balaban J connectivity index is 1.52. The minimum absolute atomic E-state index is 0.0370. The molecule has 1 aliphatic rings. The van der Waals surface area contributed by atoms with Gasteiger partial charge in [-0.3, -0.25) is 13.9 Å². The van der Waals surface area contributed by atoms with Crippen molar-refractivity contribution in [3.8, 4) is 5.75 Å². The summed E-state index contributed by atoms with van der Waals surface area (Å²) < 4.78 is 36.3. The maximum Gasteiger partial charge on any atom is 0.459 e. The maximum absolute atomic E-state index is 13.7. The minimum Gasteiger partial charge on any atom is -0.460 e. The lowest BCUT2D eigenvalue weighted by atomic mass is 10.1. The predicted octanol–water partition coefficient (Wildman–Crippen LogP) is 1.62. The molecule has 1 aromatic heterocycles. The van der Waals surface area contributed by atoms with E-state index < -0.39 is 56.7 Å². The van der Waals surface area contributed by atoms with Crippen molar-refractivity contribution in [3.63, 3.8) is 0 Å². The molecule has 5 atom stereocenters. The third-order valence-electron chi connectivity index (χ3n) is 5.81. The van der Waals surface area contributed by atoms with Crippen molar-refractivity contribution in [3.05, 3.63) is 99.4 Å². The fraction of sp³-hybridized carbons (Fsp3) is 0.292. The Bertz CT molecular complexity index is 1500. The highest BCUT2D eigenvalue weighted by atomic mass is 31.2. The van der Waals surface area contributed by atoms with E-state index in [4.69, 9.17) is 24.3 Å². The summed E-state index contributed by atoms with van der Waals surface area (Å²) in [5.41, 5.74) is 12.1. The van der Waals surface area contributed by atoms with Crippen LogP contribution in [0.2, 0.25) is 0 Å². The molecule has 16 nitrogen and oxygen atoms in total. The third kappa shape index (κ3) is 7.28. The molecule has 0 spiro atoms. The number of benzene rings is 2. The van der Waals surface area contributed by atoms with Gasteiger partial charge in [-0.15, -0.1) is 0 Å². The van der Waals surface area contributed by atoms with Crippen molar-refractivity contribution < 1.29 is 38.1 Å². The second-order valence-electron chi connectivity index (χ2n) is 8.68. The molecular weight excluding hydrogens is 561 g/mol. The van der Waals surface area contributed by atoms with Gasteiger partial charge < -0.3 is 29.9 Å². The van der Waals surface area contributed by atoms with Crippen LogP contribution >= 0.6 is 7.75 Å². The predicted molar refractivity (Wildman–Crippen MR) is 142 cm³/mol. The summed E-state index contributed by atoms with van der Waals surface area (Å²) in [7, 11) is -4.47. The SMILES string of the molecule is [N-]=[N+]=N[C@]1(COP(=O)(NCC(=O)OCc2ccccc2)Oc2ccccc2)O[C@@H](n2ccc(N)nc2=O)[C@H](O)[C@@H]1O. The van der Waals surface area contributed by atoms with E-state index in [1.54, 1.807) is 42.5 Å². The van der Waals surface area contributed by atoms with Gasteiger partial charge in [-0.05, 0) is 29.3 Å². The summed E-state index contributed by atoms with van der Waals surface area (Å²) in [5.74, 6) is -0.803. The summed E-state index contributed by atoms with van der Waals surface area (Å²) >= 11 is 0. The van der Waals surface area contributed by atoms with Crippen molar-refractivity contribution in [2.75, 3.05) is 18.9 Å². The second kappa shape index (κ2) is 12.9. The fourth-order valence-electron chi connectivity index (χ4n) is 3.77. The molecule has 0 amide bonds. The molecule has 2 heterocycles. The number of nitrogens with one attached hydrogen (secondary N) is 1. The standard InChI is InChI=1S/C24H26N7O9P/c25-18-11-12-31(23(35)28-18)22-20(33)21(34)24(39-22,29-30-26)15-38-41(36,40-17-9-5-2-6-10-17)27-13-19(32)37-14-16-7-3-1-4-8-16/h1-12,20-22,33-34H,13-15H2,(H,27,36)(H2,25,28,35)/t20-,21+,22-,24-,41?/m1/s1. The number of para-hydroxylation sites is 1. The van der Waals surface area contributed by atoms with Crippen molar-refractivity contribution >= 4 is 19.5 Å². The van der Waals surface area contributed by atoms with Gasteiger partial charge in [-0.25, -0.2) is 14.4 Å². The molecule has 4 rings (SSSR count). The number of hydrogen-bond acceptors (Lipinski definition) is 12. The number of nitrogens with two attached hydrogens (primary N) is 1. The van der Waals surface area contributed by atoms with Crippen LogP contribution in [0.25, 0.3) is 10.4 Å². The van der Waals surface area contributed by atoms with Crippen molar-refractivity contribution in [2.24, 2.45) is 5.11 Å². The molecule has 1 saturated heterocycles. The van der Waals surface area contributed by atoms with E-state index >= 15 is 0 Å². The first-order valence-corrected chi connectivity index (χ1v) is 13.6. The minimum atomic E-state index is -4.47. The molecule has 1 fully saturated rings. The Kier molecular flexibility index (Phi) is 9.37. The first kappa shape index (κ1) is 29.7. The molecule has 0 bridgehead atoms.